The lowest BCUT2D eigenvalue weighted by atomic mass is 10.2. The topological polar surface area (TPSA) is 92.2 Å². The van der Waals surface area contributed by atoms with Crippen molar-refractivity contribution in [2.45, 2.75) is 6.92 Å². The Kier molecular flexibility index (Phi) is 3.91. The molecule has 2 rings (SSSR count). The van der Waals surface area contributed by atoms with Gasteiger partial charge in [0.1, 0.15) is 4.88 Å². The number of halogens is 1. The van der Waals surface area contributed by atoms with Gasteiger partial charge in [-0.05, 0) is 52.6 Å². The number of aryl methyl sites for hydroxylation is 1. The van der Waals surface area contributed by atoms with Gasteiger partial charge in [0.05, 0.1) is 16.9 Å². The highest BCUT2D eigenvalue weighted by Crippen LogP contribution is 2.25. The highest BCUT2D eigenvalue weighted by Gasteiger charge is 2.15. The van der Waals surface area contributed by atoms with Crippen molar-refractivity contribution in [3.63, 3.8) is 0 Å². The molecule has 2 N–H and O–H groups in total. The zero-order valence-corrected chi connectivity index (χ0v) is 12.1. The third kappa shape index (κ3) is 2.96. The van der Waals surface area contributed by atoms with Crippen molar-refractivity contribution in [3.05, 3.63) is 38.8 Å². The maximum atomic E-state index is 12.0. The molecule has 1 aromatic carbocycles. The molecule has 0 spiro atoms. The van der Waals surface area contributed by atoms with Crippen molar-refractivity contribution in [2.24, 2.45) is 0 Å². The Labute approximate surface area is 120 Å². The van der Waals surface area contributed by atoms with Crippen LogP contribution in [-0.4, -0.2) is 26.6 Å². The van der Waals surface area contributed by atoms with E-state index in [0.29, 0.717) is 20.7 Å². The summed E-state index contributed by atoms with van der Waals surface area (Å²) in [6, 6.07) is 4.40. The fourth-order valence-electron chi connectivity index (χ4n) is 1.37. The molecule has 0 atom stereocenters. The van der Waals surface area contributed by atoms with E-state index in [9.17, 15) is 9.59 Å². The molecular weight excluding hydrogens is 334 g/mol. The molecule has 0 aliphatic rings. The average Bonchev–Trinajstić information content (AvgIpc) is 2.78. The molecule has 0 unspecified atom stereocenters. The van der Waals surface area contributed by atoms with Gasteiger partial charge in [0.25, 0.3) is 5.91 Å². The van der Waals surface area contributed by atoms with Crippen molar-refractivity contribution in [3.8, 4) is 0 Å². The van der Waals surface area contributed by atoms with Crippen LogP contribution in [0, 0.1) is 6.92 Å². The van der Waals surface area contributed by atoms with E-state index in [1.54, 1.807) is 13.0 Å². The van der Waals surface area contributed by atoms with Crippen LogP contribution in [-0.2, 0) is 0 Å². The monoisotopic (exact) mass is 341 g/mol. The molecule has 1 heterocycles. The summed E-state index contributed by atoms with van der Waals surface area (Å²) in [5.41, 5.74) is 1.02. The summed E-state index contributed by atoms with van der Waals surface area (Å²) in [4.78, 5) is 23.3. The highest BCUT2D eigenvalue weighted by atomic mass is 79.9. The lowest BCUT2D eigenvalue weighted by Crippen LogP contribution is -2.12. The molecule has 0 radical (unpaired) electrons. The molecule has 0 aliphatic carbocycles. The first kappa shape index (κ1) is 13.6. The second kappa shape index (κ2) is 5.45. The second-order valence-corrected chi connectivity index (χ2v) is 5.25. The van der Waals surface area contributed by atoms with Crippen LogP contribution >= 0.6 is 27.5 Å². The summed E-state index contributed by atoms with van der Waals surface area (Å²) in [6.07, 6.45) is 0. The van der Waals surface area contributed by atoms with Gasteiger partial charge < -0.3 is 10.4 Å². The summed E-state index contributed by atoms with van der Waals surface area (Å²) >= 11 is 4.24. The number of carboxylic acid groups (broad SMARTS) is 1. The number of carbonyl (C=O) groups is 2. The second-order valence-electron chi connectivity index (χ2n) is 3.64. The molecule has 1 aromatic heterocycles. The third-order valence-corrected chi connectivity index (χ3v) is 3.84. The van der Waals surface area contributed by atoms with Crippen molar-refractivity contribution < 1.29 is 14.7 Å². The fraction of sp³-hybridized carbons (Fsp3) is 0.0909. The molecule has 19 heavy (non-hydrogen) atoms. The van der Waals surface area contributed by atoms with E-state index < -0.39 is 5.97 Å². The van der Waals surface area contributed by atoms with Crippen LogP contribution in [0.2, 0.25) is 0 Å². The van der Waals surface area contributed by atoms with Crippen LogP contribution in [0.3, 0.4) is 0 Å². The molecule has 0 bridgehead atoms. The molecular formula is C11H8BrN3O3S. The number of nitrogens with zero attached hydrogens (tertiary/aromatic N) is 2. The number of anilines is 1. The number of aromatic nitrogens is 2. The summed E-state index contributed by atoms with van der Waals surface area (Å²) in [5.74, 6) is -1.42. The van der Waals surface area contributed by atoms with Crippen LogP contribution in [0.4, 0.5) is 5.69 Å². The number of carbonyl (C=O) groups excluding carboxylic acids is 1. The van der Waals surface area contributed by atoms with Crippen LogP contribution in [0.1, 0.15) is 25.7 Å². The average molecular weight is 342 g/mol. The minimum Gasteiger partial charge on any atom is -0.478 e. The van der Waals surface area contributed by atoms with E-state index >= 15 is 0 Å². The highest BCUT2D eigenvalue weighted by molar-refractivity contribution is 9.10. The molecule has 2 aromatic rings. The van der Waals surface area contributed by atoms with Crippen molar-refractivity contribution in [1.29, 1.82) is 0 Å². The fourth-order valence-corrected chi connectivity index (χ4v) is 2.27. The summed E-state index contributed by atoms with van der Waals surface area (Å²) in [6.45, 7) is 1.68. The number of carboxylic acids is 1. The molecule has 0 saturated heterocycles. The van der Waals surface area contributed by atoms with Crippen LogP contribution in [0.15, 0.2) is 22.7 Å². The predicted molar refractivity (Wildman–Crippen MR) is 73.7 cm³/mol. The summed E-state index contributed by atoms with van der Waals surface area (Å²) in [5, 5.41) is 15.3. The van der Waals surface area contributed by atoms with Crippen molar-refractivity contribution in [1.82, 2.24) is 9.59 Å². The van der Waals surface area contributed by atoms with Gasteiger partial charge in [-0.1, -0.05) is 4.49 Å². The molecule has 6 nitrogen and oxygen atoms in total. The van der Waals surface area contributed by atoms with Gasteiger partial charge in [-0.15, -0.1) is 5.10 Å². The standard InChI is InChI=1S/C11H8BrN3O3S/c1-5-9(19-15-14-5)10(16)13-8-4-6(11(17)18)2-3-7(8)12/h2-4H,1H3,(H,13,16)(H,17,18). The molecule has 98 valence electrons. The van der Waals surface area contributed by atoms with Gasteiger partial charge in [0.15, 0.2) is 0 Å². The smallest absolute Gasteiger partial charge is 0.335 e. The maximum absolute atomic E-state index is 12.0. The van der Waals surface area contributed by atoms with Crippen molar-refractivity contribution >= 4 is 45.0 Å². The number of amides is 1. The first-order valence-corrected chi connectivity index (χ1v) is 6.69. The van der Waals surface area contributed by atoms with E-state index in [1.165, 1.54) is 12.1 Å². The first-order valence-electron chi connectivity index (χ1n) is 5.12. The Balaban J connectivity index is 2.28. The molecule has 0 aliphatic heterocycles. The summed E-state index contributed by atoms with van der Waals surface area (Å²) in [7, 11) is 0. The Bertz CT molecular complexity index is 656. The van der Waals surface area contributed by atoms with Crippen LogP contribution in [0.5, 0.6) is 0 Å². The minimum atomic E-state index is -1.06. The third-order valence-electron chi connectivity index (χ3n) is 2.32. The Hall–Kier alpha value is -1.80. The molecule has 8 heteroatoms. The van der Waals surface area contributed by atoms with Gasteiger partial charge in [-0.2, -0.15) is 0 Å². The Morgan fingerprint density at radius 2 is 2.16 bits per heavy atom. The van der Waals surface area contributed by atoms with E-state index in [1.807, 2.05) is 0 Å². The number of benzene rings is 1. The van der Waals surface area contributed by atoms with Crippen LogP contribution < -0.4 is 5.32 Å². The zero-order chi connectivity index (χ0) is 14.0. The zero-order valence-electron chi connectivity index (χ0n) is 9.68. The predicted octanol–water partition coefficient (Wildman–Crippen LogP) is 2.56. The minimum absolute atomic E-state index is 0.0950. The normalized spacial score (nSPS) is 10.2. The largest absolute Gasteiger partial charge is 0.478 e. The number of nitrogens with one attached hydrogen (secondary N) is 1. The maximum Gasteiger partial charge on any atom is 0.335 e. The lowest BCUT2D eigenvalue weighted by Gasteiger charge is -2.07. The van der Waals surface area contributed by atoms with E-state index in [2.05, 4.69) is 30.8 Å². The quantitative estimate of drug-likeness (QED) is 0.894. The van der Waals surface area contributed by atoms with Gasteiger partial charge in [-0.25, -0.2) is 4.79 Å². The Morgan fingerprint density at radius 1 is 1.42 bits per heavy atom. The number of hydrogen-bond donors (Lipinski definition) is 2. The van der Waals surface area contributed by atoms with E-state index in [4.69, 9.17) is 5.11 Å². The summed E-state index contributed by atoms with van der Waals surface area (Å²) < 4.78 is 4.28. The number of hydrogen-bond acceptors (Lipinski definition) is 5. The van der Waals surface area contributed by atoms with Gasteiger partial charge >= 0.3 is 5.97 Å². The molecule has 0 saturated carbocycles. The number of rotatable bonds is 3. The van der Waals surface area contributed by atoms with E-state index in [-0.39, 0.29) is 11.5 Å². The molecule has 1 amide bonds. The van der Waals surface area contributed by atoms with Gasteiger partial charge in [0.2, 0.25) is 0 Å². The number of aromatic carboxylic acids is 1. The van der Waals surface area contributed by atoms with Gasteiger partial charge in [-0.3, -0.25) is 4.79 Å². The van der Waals surface area contributed by atoms with Gasteiger partial charge in [0, 0.05) is 4.47 Å². The van der Waals surface area contributed by atoms with E-state index in [0.717, 1.165) is 11.5 Å². The van der Waals surface area contributed by atoms with Crippen molar-refractivity contribution in [2.75, 3.05) is 5.32 Å². The van der Waals surface area contributed by atoms with Crippen LogP contribution in [0.25, 0.3) is 0 Å². The first-order chi connectivity index (χ1) is 8.99. The lowest BCUT2D eigenvalue weighted by molar-refractivity contribution is 0.0696. The Morgan fingerprint density at radius 3 is 2.74 bits per heavy atom. The molecule has 0 fully saturated rings. The SMILES string of the molecule is Cc1nnsc1C(=O)Nc1cc(C(=O)O)ccc1Br.